The van der Waals surface area contributed by atoms with Crippen LogP contribution in [0.15, 0.2) is 34.7 Å². The highest BCUT2D eigenvalue weighted by Gasteiger charge is 2.12. The van der Waals surface area contributed by atoms with Crippen LogP contribution < -0.4 is 10.1 Å². The van der Waals surface area contributed by atoms with E-state index in [1.807, 2.05) is 19.1 Å². The number of ether oxygens (including phenoxy) is 1. The van der Waals surface area contributed by atoms with Crippen LogP contribution in [-0.4, -0.2) is 18.2 Å². The molecule has 0 saturated heterocycles. The van der Waals surface area contributed by atoms with E-state index in [0.717, 1.165) is 5.56 Å². The number of benzene rings is 1. The molecule has 0 radical (unpaired) electrons. The van der Waals surface area contributed by atoms with E-state index < -0.39 is 0 Å². The van der Waals surface area contributed by atoms with Gasteiger partial charge in [-0.2, -0.15) is 12.6 Å². The Labute approximate surface area is 133 Å². The molecule has 112 valence electrons. The minimum atomic E-state index is -0.260. The normalized spacial score (nSPS) is 10.4. The second-order valence-electron chi connectivity index (χ2n) is 4.42. The molecule has 2 rings (SSSR count). The maximum atomic E-state index is 11.7. The molecule has 0 fully saturated rings. The number of hydrogen-bond acceptors (Lipinski definition) is 4. The summed E-state index contributed by atoms with van der Waals surface area (Å²) in [6.07, 6.45) is 0. The van der Waals surface area contributed by atoms with E-state index in [0.29, 0.717) is 28.8 Å². The van der Waals surface area contributed by atoms with Gasteiger partial charge in [-0.15, -0.1) is 0 Å². The van der Waals surface area contributed by atoms with Crippen LogP contribution in [0.25, 0.3) is 0 Å². The van der Waals surface area contributed by atoms with Crippen molar-refractivity contribution in [3.63, 3.8) is 0 Å². The molecule has 0 atom stereocenters. The molecule has 4 nitrogen and oxygen atoms in total. The molecule has 0 saturated carbocycles. The van der Waals surface area contributed by atoms with Crippen LogP contribution in [-0.2, 0) is 6.61 Å². The Morgan fingerprint density at radius 2 is 2.19 bits per heavy atom. The first-order valence-electron chi connectivity index (χ1n) is 6.47. The molecule has 1 heterocycles. The minimum absolute atomic E-state index is 0.213. The Morgan fingerprint density at radius 3 is 2.90 bits per heavy atom. The highest BCUT2D eigenvalue weighted by atomic mass is 35.5. The van der Waals surface area contributed by atoms with Gasteiger partial charge >= 0.3 is 0 Å². The highest BCUT2D eigenvalue weighted by molar-refractivity contribution is 7.80. The molecular formula is C15H16ClNO3S. The molecule has 6 heteroatoms. The largest absolute Gasteiger partial charge is 0.484 e. The standard InChI is InChI=1S/C15H16ClNO3S/c1-10-3-2-4-12(16)14(10)19-9-11-5-6-13(20-11)15(18)17-7-8-21/h2-6,21H,7-9H2,1H3,(H,17,18). The van der Waals surface area contributed by atoms with Gasteiger partial charge in [0, 0.05) is 12.3 Å². The van der Waals surface area contributed by atoms with Gasteiger partial charge in [-0.05, 0) is 30.7 Å². The van der Waals surface area contributed by atoms with Gasteiger partial charge in [-0.25, -0.2) is 0 Å². The van der Waals surface area contributed by atoms with Crippen molar-refractivity contribution >= 4 is 30.1 Å². The molecule has 0 unspecified atom stereocenters. The number of amides is 1. The fourth-order valence-corrected chi connectivity index (χ4v) is 2.16. The zero-order valence-corrected chi connectivity index (χ0v) is 13.2. The molecule has 21 heavy (non-hydrogen) atoms. The number of aryl methyl sites for hydroxylation is 1. The zero-order valence-electron chi connectivity index (χ0n) is 11.6. The summed E-state index contributed by atoms with van der Waals surface area (Å²) in [6, 6.07) is 8.87. The third-order valence-electron chi connectivity index (χ3n) is 2.81. The summed E-state index contributed by atoms with van der Waals surface area (Å²) in [5, 5.41) is 3.23. The van der Waals surface area contributed by atoms with E-state index >= 15 is 0 Å². The molecule has 0 aliphatic heterocycles. The van der Waals surface area contributed by atoms with Crippen LogP contribution in [0.2, 0.25) is 5.02 Å². The molecule has 0 spiro atoms. The minimum Gasteiger partial charge on any atom is -0.484 e. The number of rotatable bonds is 6. The first-order valence-corrected chi connectivity index (χ1v) is 7.48. The summed E-state index contributed by atoms with van der Waals surface area (Å²) in [4.78, 5) is 11.7. The average Bonchev–Trinajstić information content (AvgIpc) is 2.93. The van der Waals surface area contributed by atoms with Gasteiger partial charge < -0.3 is 14.5 Å². The van der Waals surface area contributed by atoms with Gasteiger partial charge in [0.2, 0.25) is 0 Å². The van der Waals surface area contributed by atoms with Crippen molar-refractivity contribution in [3.8, 4) is 5.75 Å². The predicted octanol–water partition coefficient (Wildman–Crippen LogP) is 3.48. The van der Waals surface area contributed by atoms with Crippen LogP contribution in [0.1, 0.15) is 21.9 Å². The summed E-state index contributed by atoms with van der Waals surface area (Å²) in [6.45, 7) is 2.62. The molecule has 2 aromatic rings. The number of furan rings is 1. The van der Waals surface area contributed by atoms with E-state index in [4.69, 9.17) is 20.8 Å². The zero-order chi connectivity index (χ0) is 15.2. The van der Waals surface area contributed by atoms with Gasteiger partial charge in [0.1, 0.15) is 18.1 Å². The number of carbonyl (C=O) groups is 1. The van der Waals surface area contributed by atoms with Crippen molar-refractivity contribution < 1.29 is 13.9 Å². The van der Waals surface area contributed by atoms with Gasteiger partial charge in [-0.1, -0.05) is 23.7 Å². The molecule has 0 aliphatic rings. The number of halogens is 1. The number of nitrogens with one attached hydrogen (secondary N) is 1. The summed E-state index contributed by atoms with van der Waals surface area (Å²) in [5.74, 6) is 1.76. The van der Waals surface area contributed by atoms with Crippen molar-refractivity contribution in [2.24, 2.45) is 0 Å². The van der Waals surface area contributed by atoms with Crippen molar-refractivity contribution in [1.82, 2.24) is 5.32 Å². The lowest BCUT2D eigenvalue weighted by molar-refractivity contribution is 0.0924. The van der Waals surface area contributed by atoms with E-state index in [2.05, 4.69) is 17.9 Å². The van der Waals surface area contributed by atoms with E-state index in [1.165, 1.54) is 0 Å². The topological polar surface area (TPSA) is 51.5 Å². The summed E-state index contributed by atoms with van der Waals surface area (Å²) in [7, 11) is 0. The smallest absolute Gasteiger partial charge is 0.287 e. The maximum Gasteiger partial charge on any atom is 0.287 e. The maximum absolute atomic E-state index is 11.7. The van der Waals surface area contributed by atoms with Gasteiger partial charge in [0.05, 0.1) is 5.02 Å². The third-order valence-corrected chi connectivity index (χ3v) is 3.33. The summed E-state index contributed by atoms with van der Waals surface area (Å²) >= 11 is 10.1. The Hall–Kier alpha value is -1.59. The van der Waals surface area contributed by atoms with E-state index in [1.54, 1.807) is 18.2 Å². The van der Waals surface area contributed by atoms with Gasteiger partial charge in [-0.3, -0.25) is 4.79 Å². The third kappa shape index (κ3) is 4.19. The highest BCUT2D eigenvalue weighted by Crippen LogP contribution is 2.28. The van der Waals surface area contributed by atoms with Crippen LogP contribution >= 0.6 is 24.2 Å². The van der Waals surface area contributed by atoms with E-state index in [9.17, 15) is 4.79 Å². The van der Waals surface area contributed by atoms with Crippen molar-refractivity contribution in [1.29, 1.82) is 0 Å². The lowest BCUT2D eigenvalue weighted by Crippen LogP contribution is -2.24. The number of carbonyl (C=O) groups excluding carboxylic acids is 1. The second-order valence-corrected chi connectivity index (χ2v) is 5.27. The lowest BCUT2D eigenvalue weighted by Gasteiger charge is -2.09. The van der Waals surface area contributed by atoms with E-state index in [-0.39, 0.29) is 18.3 Å². The molecule has 1 amide bonds. The van der Waals surface area contributed by atoms with Crippen molar-refractivity contribution in [2.45, 2.75) is 13.5 Å². The quantitative estimate of drug-likeness (QED) is 0.799. The molecule has 1 N–H and O–H groups in total. The molecule has 1 aromatic heterocycles. The monoisotopic (exact) mass is 325 g/mol. The fourth-order valence-electron chi connectivity index (χ4n) is 1.78. The second kappa shape index (κ2) is 7.43. The van der Waals surface area contributed by atoms with Crippen molar-refractivity contribution in [3.05, 3.63) is 52.4 Å². The number of hydrogen-bond donors (Lipinski definition) is 2. The van der Waals surface area contributed by atoms with Gasteiger partial charge in [0.25, 0.3) is 5.91 Å². The number of thiol groups is 1. The van der Waals surface area contributed by atoms with Gasteiger partial charge in [0.15, 0.2) is 5.76 Å². The first-order chi connectivity index (χ1) is 10.1. The Bertz CT molecular complexity index is 607. The lowest BCUT2D eigenvalue weighted by atomic mass is 10.2. The average molecular weight is 326 g/mol. The summed E-state index contributed by atoms with van der Waals surface area (Å²) in [5.41, 5.74) is 0.945. The first kappa shape index (κ1) is 15.8. The number of para-hydroxylation sites is 1. The van der Waals surface area contributed by atoms with Crippen LogP contribution in [0, 0.1) is 6.92 Å². The Morgan fingerprint density at radius 1 is 1.38 bits per heavy atom. The summed E-state index contributed by atoms with van der Waals surface area (Å²) < 4.78 is 11.1. The molecular weight excluding hydrogens is 310 g/mol. The molecule has 0 bridgehead atoms. The fraction of sp³-hybridized carbons (Fsp3) is 0.267. The predicted molar refractivity (Wildman–Crippen MR) is 85.4 cm³/mol. The Kier molecular flexibility index (Phi) is 5.59. The van der Waals surface area contributed by atoms with Crippen LogP contribution in [0.4, 0.5) is 0 Å². The Balaban J connectivity index is 1.98. The van der Waals surface area contributed by atoms with Crippen LogP contribution in [0.5, 0.6) is 5.75 Å². The van der Waals surface area contributed by atoms with Crippen LogP contribution in [0.3, 0.4) is 0 Å². The molecule has 0 aliphatic carbocycles. The SMILES string of the molecule is Cc1cccc(Cl)c1OCc1ccc(C(=O)NCCS)o1. The van der Waals surface area contributed by atoms with Crippen molar-refractivity contribution in [2.75, 3.05) is 12.3 Å². The molecule has 1 aromatic carbocycles.